The first-order valence-corrected chi connectivity index (χ1v) is 5.23. The minimum atomic E-state index is -0.623. The zero-order chi connectivity index (χ0) is 13.1. The molecule has 1 aliphatic rings. The van der Waals surface area contributed by atoms with Crippen molar-refractivity contribution < 1.29 is 10.1 Å². The largest absolute Gasteiger partial charge is 0.411 e. The number of rotatable bonds is 2. The molecule has 1 unspecified atom stereocenters. The fourth-order valence-corrected chi connectivity index (χ4v) is 1.52. The van der Waals surface area contributed by atoms with Gasteiger partial charge in [-0.2, -0.15) is 0 Å². The summed E-state index contributed by atoms with van der Waals surface area (Å²) in [5.41, 5.74) is -1.00. The van der Waals surface area contributed by atoms with E-state index in [1.807, 2.05) is 26.0 Å². The number of nitro groups is 1. The van der Waals surface area contributed by atoms with Crippen molar-refractivity contribution in [1.29, 1.82) is 0 Å². The number of allylic oxidation sites excluding steroid dienone is 5. The molecule has 0 heterocycles. The molecular formula is C12H16N2O3. The Labute approximate surface area is 100.0 Å². The second kappa shape index (κ2) is 4.53. The van der Waals surface area contributed by atoms with Gasteiger partial charge in [-0.25, -0.2) is 0 Å². The maximum absolute atomic E-state index is 10.9. The normalized spacial score (nSPS) is 34.4. The highest BCUT2D eigenvalue weighted by Crippen LogP contribution is 2.29. The van der Waals surface area contributed by atoms with Crippen LogP contribution in [-0.4, -0.2) is 16.3 Å². The summed E-state index contributed by atoms with van der Waals surface area (Å²) in [6.07, 6.45) is 9.72. The predicted octanol–water partition coefficient (Wildman–Crippen LogP) is 2.77. The number of hydrogen-bond acceptors (Lipinski definition) is 4. The summed E-state index contributed by atoms with van der Waals surface area (Å²) in [5, 5.41) is 22.5. The molecule has 17 heavy (non-hydrogen) atoms. The molecule has 1 atom stereocenters. The molecule has 0 amide bonds. The van der Waals surface area contributed by atoms with Gasteiger partial charge in [-0.15, -0.1) is 5.16 Å². The quantitative estimate of drug-likeness (QED) is 0.263. The van der Waals surface area contributed by atoms with Gasteiger partial charge >= 0.3 is 0 Å². The van der Waals surface area contributed by atoms with Crippen LogP contribution < -0.4 is 0 Å². The Morgan fingerprint density at radius 1 is 1.35 bits per heavy atom. The van der Waals surface area contributed by atoms with Gasteiger partial charge in [0.15, 0.2) is 0 Å². The van der Waals surface area contributed by atoms with Gasteiger partial charge in [0.05, 0.1) is 11.1 Å². The Hall–Kier alpha value is -1.91. The van der Waals surface area contributed by atoms with Gasteiger partial charge in [-0.3, -0.25) is 10.1 Å². The van der Waals surface area contributed by atoms with Crippen LogP contribution in [0.25, 0.3) is 0 Å². The summed E-state index contributed by atoms with van der Waals surface area (Å²) in [4.78, 5) is 10.4. The molecule has 1 aliphatic carbocycles. The Balaban J connectivity index is 3.27. The number of hydrogen-bond donors (Lipinski definition) is 1. The minimum Gasteiger partial charge on any atom is -0.411 e. The highest BCUT2D eigenvalue weighted by atomic mass is 16.6. The summed E-state index contributed by atoms with van der Waals surface area (Å²) in [6.45, 7) is 5.56. The van der Waals surface area contributed by atoms with Crippen molar-refractivity contribution in [3.8, 4) is 0 Å². The SMILES string of the molecule is CC1(C)/C=C\C(C)(/C=N/O)/C=C\C([N+](=O)[O-])=C/1. The van der Waals surface area contributed by atoms with E-state index >= 15 is 0 Å². The lowest BCUT2D eigenvalue weighted by molar-refractivity contribution is -0.419. The van der Waals surface area contributed by atoms with Crippen LogP contribution in [0.15, 0.2) is 41.2 Å². The summed E-state index contributed by atoms with van der Waals surface area (Å²) in [5.74, 6) is 0. The summed E-state index contributed by atoms with van der Waals surface area (Å²) < 4.78 is 0. The van der Waals surface area contributed by atoms with E-state index < -0.39 is 15.8 Å². The number of nitrogens with zero attached hydrogens (tertiary/aromatic N) is 2. The Kier molecular flexibility index (Phi) is 3.50. The third-order valence-corrected chi connectivity index (χ3v) is 2.55. The van der Waals surface area contributed by atoms with E-state index in [1.54, 1.807) is 19.1 Å². The maximum atomic E-state index is 10.9. The van der Waals surface area contributed by atoms with Crippen LogP contribution >= 0.6 is 0 Å². The fourth-order valence-electron chi connectivity index (χ4n) is 1.52. The molecule has 0 fully saturated rings. The van der Waals surface area contributed by atoms with Crippen LogP contribution in [0.5, 0.6) is 0 Å². The lowest BCUT2D eigenvalue weighted by atomic mass is 9.82. The van der Waals surface area contributed by atoms with E-state index in [-0.39, 0.29) is 5.70 Å². The van der Waals surface area contributed by atoms with Gasteiger partial charge in [0.25, 0.3) is 5.70 Å². The van der Waals surface area contributed by atoms with Crippen molar-refractivity contribution in [2.24, 2.45) is 16.0 Å². The van der Waals surface area contributed by atoms with Crippen molar-refractivity contribution in [2.45, 2.75) is 20.8 Å². The van der Waals surface area contributed by atoms with Gasteiger partial charge in [-0.05, 0) is 6.92 Å². The molecule has 0 radical (unpaired) electrons. The monoisotopic (exact) mass is 236 g/mol. The highest BCUT2D eigenvalue weighted by Gasteiger charge is 2.24. The van der Waals surface area contributed by atoms with E-state index in [9.17, 15) is 10.1 Å². The van der Waals surface area contributed by atoms with Crippen molar-refractivity contribution in [3.63, 3.8) is 0 Å². The van der Waals surface area contributed by atoms with E-state index in [1.165, 1.54) is 12.3 Å². The molecule has 0 saturated heterocycles. The van der Waals surface area contributed by atoms with E-state index in [0.717, 1.165) is 0 Å². The molecule has 0 spiro atoms. The third kappa shape index (κ3) is 3.55. The average Bonchev–Trinajstić information content (AvgIpc) is 2.20. The van der Waals surface area contributed by atoms with Crippen LogP contribution in [0.4, 0.5) is 0 Å². The molecular weight excluding hydrogens is 220 g/mol. The fraction of sp³-hybridized carbons (Fsp3) is 0.417. The molecule has 0 bridgehead atoms. The first-order valence-electron chi connectivity index (χ1n) is 5.23. The lowest BCUT2D eigenvalue weighted by Crippen LogP contribution is -2.17. The van der Waals surface area contributed by atoms with Crippen molar-refractivity contribution in [1.82, 2.24) is 0 Å². The van der Waals surface area contributed by atoms with Crippen molar-refractivity contribution in [3.05, 3.63) is 46.2 Å². The van der Waals surface area contributed by atoms with Crippen LogP contribution in [0.3, 0.4) is 0 Å². The first kappa shape index (κ1) is 13.2. The van der Waals surface area contributed by atoms with E-state index in [2.05, 4.69) is 5.16 Å². The van der Waals surface area contributed by atoms with Gasteiger partial charge in [0.1, 0.15) is 0 Å². The van der Waals surface area contributed by atoms with Gasteiger partial charge in [-0.1, -0.05) is 32.1 Å². The zero-order valence-electron chi connectivity index (χ0n) is 10.1. The lowest BCUT2D eigenvalue weighted by Gasteiger charge is -2.21. The molecule has 0 aromatic heterocycles. The molecule has 0 aliphatic heterocycles. The molecule has 0 saturated carbocycles. The molecule has 0 aromatic carbocycles. The topological polar surface area (TPSA) is 75.7 Å². The van der Waals surface area contributed by atoms with Crippen molar-refractivity contribution >= 4 is 6.21 Å². The standard InChI is InChI=1S/C12H16N2O3/c1-11(2)6-7-12(3,9-13-15)5-4-10(8-11)14(16)17/h4-9,15H,1-3H3/b5-4-,7-6-,10-8+,13-9+. The Morgan fingerprint density at radius 3 is 2.53 bits per heavy atom. The van der Waals surface area contributed by atoms with Gasteiger partial charge in [0.2, 0.25) is 0 Å². The molecule has 5 nitrogen and oxygen atoms in total. The van der Waals surface area contributed by atoms with Gasteiger partial charge in [0, 0.05) is 23.0 Å². The number of oxime groups is 1. The summed E-state index contributed by atoms with van der Waals surface area (Å²) in [7, 11) is 0. The smallest absolute Gasteiger partial charge is 0.266 e. The van der Waals surface area contributed by atoms with Gasteiger partial charge < -0.3 is 5.21 Å². The minimum absolute atomic E-state index is 0.0388. The van der Waals surface area contributed by atoms with Crippen molar-refractivity contribution in [2.75, 3.05) is 0 Å². The highest BCUT2D eigenvalue weighted by molar-refractivity contribution is 5.70. The summed E-state index contributed by atoms with van der Waals surface area (Å²) in [6, 6.07) is 0. The molecule has 1 rings (SSSR count). The molecule has 0 aromatic rings. The van der Waals surface area contributed by atoms with E-state index in [4.69, 9.17) is 5.21 Å². The average molecular weight is 236 g/mol. The maximum Gasteiger partial charge on any atom is 0.266 e. The van der Waals surface area contributed by atoms with Crippen LogP contribution in [0.2, 0.25) is 0 Å². The molecule has 92 valence electrons. The Morgan fingerprint density at radius 2 is 2.00 bits per heavy atom. The second-order valence-electron chi connectivity index (χ2n) is 4.92. The van der Waals surface area contributed by atoms with Crippen LogP contribution in [-0.2, 0) is 0 Å². The Bertz CT molecular complexity index is 433. The summed E-state index contributed by atoms with van der Waals surface area (Å²) >= 11 is 0. The second-order valence-corrected chi connectivity index (χ2v) is 4.92. The van der Waals surface area contributed by atoms with E-state index in [0.29, 0.717) is 0 Å². The first-order chi connectivity index (χ1) is 7.78. The third-order valence-electron chi connectivity index (χ3n) is 2.55. The zero-order valence-corrected chi connectivity index (χ0v) is 10.1. The molecule has 1 N–H and O–H groups in total. The molecule has 5 heteroatoms. The van der Waals surface area contributed by atoms with Crippen LogP contribution in [0, 0.1) is 20.9 Å². The van der Waals surface area contributed by atoms with Crippen LogP contribution in [0.1, 0.15) is 20.8 Å². The predicted molar refractivity (Wildman–Crippen MR) is 65.5 cm³/mol.